The van der Waals surface area contributed by atoms with Crippen LogP contribution in [0.25, 0.3) is 0 Å². The zero-order valence-corrected chi connectivity index (χ0v) is 14.7. The van der Waals surface area contributed by atoms with Crippen molar-refractivity contribution in [3.63, 3.8) is 0 Å². The number of hydrogen-bond donors (Lipinski definition) is 5. The van der Waals surface area contributed by atoms with Gasteiger partial charge in [0, 0.05) is 6.54 Å². The van der Waals surface area contributed by atoms with Crippen molar-refractivity contribution >= 4 is 0 Å². The van der Waals surface area contributed by atoms with E-state index in [-0.39, 0.29) is 13.2 Å². The molecule has 142 valence electrons. The van der Waals surface area contributed by atoms with E-state index in [9.17, 15) is 25.5 Å². The molecule has 24 heavy (non-hydrogen) atoms. The van der Waals surface area contributed by atoms with Crippen LogP contribution in [-0.2, 0) is 0 Å². The smallest absolute Gasteiger partial charge is 0.109 e. The minimum Gasteiger partial charge on any atom is -0.395 e. The van der Waals surface area contributed by atoms with Gasteiger partial charge in [0.2, 0.25) is 0 Å². The van der Waals surface area contributed by atoms with Gasteiger partial charge in [-0.15, -0.1) is 0 Å². The number of β-amino-alcohol motifs (C(OH)–C–C–N with tert-alkyl or cyclic N) is 1. The lowest BCUT2D eigenvalue weighted by Crippen LogP contribution is -2.62. The second-order valence-corrected chi connectivity index (χ2v) is 7.74. The summed E-state index contributed by atoms with van der Waals surface area (Å²) in [6.07, 6.45) is 7.08. The first-order valence-corrected chi connectivity index (χ1v) is 9.58. The molecule has 2 fully saturated rings. The predicted molar refractivity (Wildman–Crippen MR) is 91.6 cm³/mol. The molecule has 0 radical (unpaired) electrons. The molecule has 4 atom stereocenters. The van der Waals surface area contributed by atoms with Crippen molar-refractivity contribution in [3.8, 4) is 0 Å². The van der Waals surface area contributed by atoms with Crippen molar-refractivity contribution in [3.05, 3.63) is 0 Å². The molecule has 0 aromatic heterocycles. The van der Waals surface area contributed by atoms with E-state index in [0.717, 1.165) is 57.8 Å². The highest BCUT2D eigenvalue weighted by Gasteiger charge is 2.40. The molecule has 0 spiro atoms. The molecule has 6 nitrogen and oxygen atoms in total. The Bertz CT molecular complexity index is 361. The molecule has 0 unspecified atom stereocenters. The van der Waals surface area contributed by atoms with E-state index in [1.807, 2.05) is 4.90 Å². The van der Waals surface area contributed by atoms with E-state index in [0.29, 0.717) is 6.54 Å². The summed E-state index contributed by atoms with van der Waals surface area (Å²) in [4.78, 5) is 1.87. The minimum atomic E-state index is -1.19. The van der Waals surface area contributed by atoms with Crippen LogP contribution in [0.2, 0.25) is 0 Å². The van der Waals surface area contributed by atoms with Gasteiger partial charge in [-0.1, -0.05) is 38.5 Å². The number of aliphatic hydroxyl groups excluding tert-OH is 4. The van der Waals surface area contributed by atoms with Crippen LogP contribution in [0.4, 0.5) is 0 Å². The second kappa shape index (κ2) is 9.46. The number of nitrogens with zero attached hydrogens (tertiary/aromatic N) is 1. The largest absolute Gasteiger partial charge is 0.395 e. The summed E-state index contributed by atoms with van der Waals surface area (Å²) in [5.74, 6) is 0. The van der Waals surface area contributed by atoms with Gasteiger partial charge >= 0.3 is 0 Å². The van der Waals surface area contributed by atoms with Crippen LogP contribution in [0, 0.1) is 0 Å². The molecular formula is C18H35NO5. The molecule has 1 saturated heterocycles. The molecule has 0 aromatic rings. The minimum absolute atomic E-state index is 0.224. The van der Waals surface area contributed by atoms with Crippen LogP contribution >= 0.6 is 0 Å². The number of hydrogen-bond acceptors (Lipinski definition) is 6. The summed E-state index contributed by atoms with van der Waals surface area (Å²) >= 11 is 0. The summed E-state index contributed by atoms with van der Waals surface area (Å²) in [6.45, 7) is 0.748. The topological polar surface area (TPSA) is 104 Å². The molecule has 2 aliphatic rings. The fourth-order valence-corrected chi connectivity index (χ4v) is 4.22. The molecular weight excluding hydrogens is 310 g/mol. The van der Waals surface area contributed by atoms with Crippen molar-refractivity contribution in [1.82, 2.24) is 4.90 Å². The standard InChI is InChI=1S/C18H35NO5/c20-13-14-16(22)17(23)15(21)12-19(14)11-7-2-1-4-8-18(24)9-5-3-6-10-18/h14-17,20-24H,1-13H2/t14-,15+,16-,17-/m1/s1. The Morgan fingerprint density at radius 2 is 1.54 bits per heavy atom. The van der Waals surface area contributed by atoms with Crippen LogP contribution < -0.4 is 0 Å². The van der Waals surface area contributed by atoms with Crippen LogP contribution in [0.15, 0.2) is 0 Å². The van der Waals surface area contributed by atoms with Crippen molar-refractivity contribution < 1.29 is 25.5 Å². The first-order valence-electron chi connectivity index (χ1n) is 9.58. The van der Waals surface area contributed by atoms with E-state index in [1.54, 1.807) is 0 Å². The lowest BCUT2D eigenvalue weighted by molar-refractivity contribution is -0.145. The third-order valence-electron chi connectivity index (χ3n) is 5.84. The summed E-state index contributed by atoms with van der Waals surface area (Å²) in [5, 5.41) is 49.3. The number of unbranched alkanes of at least 4 members (excludes halogenated alkanes) is 3. The first kappa shape index (κ1) is 20.1. The summed E-state index contributed by atoms with van der Waals surface area (Å²) in [5.41, 5.74) is -0.433. The normalized spacial score (nSPS) is 34.4. The fourth-order valence-electron chi connectivity index (χ4n) is 4.22. The number of rotatable bonds is 8. The monoisotopic (exact) mass is 345 g/mol. The van der Waals surface area contributed by atoms with Gasteiger partial charge in [-0.2, -0.15) is 0 Å². The van der Waals surface area contributed by atoms with E-state index in [1.165, 1.54) is 6.42 Å². The Labute approximate surface area is 145 Å². The molecule has 0 amide bonds. The predicted octanol–water partition coefficient (Wildman–Crippen LogP) is 0.391. The molecule has 0 aromatic carbocycles. The van der Waals surface area contributed by atoms with E-state index in [2.05, 4.69) is 0 Å². The van der Waals surface area contributed by atoms with Crippen molar-refractivity contribution in [2.45, 2.75) is 94.2 Å². The van der Waals surface area contributed by atoms with E-state index >= 15 is 0 Å². The molecule has 2 rings (SSSR count). The van der Waals surface area contributed by atoms with Crippen molar-refractivity contribution in [2.75, 3.05) is 19.7 Å². The van der Waals surface area contributed by atoms with Gasteiger partial charge in [0.25, 0.3) is 0 Å². The van der Waals surface area contributed by atoms with Crippen LogP contribution in [0.3, 0.4) is 0 Å². The quantitative estimate of drug-likeness (QED) is 0.408. The maximum Gasteiger partial charge on any atom is 0.109 e. The van der Waals surface area contributed by atoms with Gasteiger partial charge in [-0.25, -0.2) is 0 Å². The van der Waals surface area contributed by atoms with Crippen LogP contribution in [0.1, 0.15) is 64.2 Å². The van der Waals surface area contributed by atoms with Gasteiger partial charge in [0.05, 0.1) is 24.4 Å². The Kier molecular flexibility index (Phi) is 7.91. The maximum absolute atomic E-state index is 10.5. The SMILES string of the molecule is OC[C@@H]1[C@@H](O)[C@H](O)[C@@H](O)CN1CCCCCCC1(O)CCCCC1. The van der Waals surface area contributed by atoms with Gasteiger partial charge < -0.3 is 25.5 Å². The van der Waals surface area contributed by atoms with Gasteiger partial charge in [-0.3, -0.25) is 4.90 Å². The number of aliphatic hydroxyl groups is 5. The zero-order chi connectivity index (χ0) is 17.6. The van der Waals surface area contributed by atoms with Crippen LogP contribution in [0.5, 0.6) is 0 Å². The van der Waals surface area contributed by atoms with E-state index < -0.39 is 30.0 Å². The Morgan fingerprint density at radius 3 is 2.21 bits per heavy atom. The summed E-state index contributed by atoms with van der Waals surface area (Å²) in [7, 11) is 0. The third-order valence-corrected chi connectivity index (χ3v) is 5.84. The van der Waals surface area contributed by atoms with E-state index in [4.69, 9.17) is 0 Å². The molecule has 1 aliphatic heterocycles. The lowest BCUT2D eigenvalue weighted by Gasteiger charge is -2.43. The third kappa shape index (κ3) is 5.38. The van der Waals surface area contributed by atoms with Crippen LogP contribution in [-0.4, -0.2) is 80.1 Å². The Morgan fingerprint density at radius 1 is 0.875 bits per heavy atom. The van der Waals surface area contributed by atoms with Crippen molar-refractivity contribution in [1.29, 1.82) is 0 Å². The number of likely N-dealkylation sites (tertiary alicyclic amines) is 1. The lowest BCUT2D eigenvalue weighted by atomic mass is 9.81. The highest BCUT2D eigenvalue weighted by atomic mass is 16.4. The molecule has 1 saturated carbocycles. The highest BCUT2D eigenvalue weighted by molar-refractivity contribution is 4.94. The first-order chi connectivity index (χ1) is 11.5. The average Bonchev–Trinajstić information content (AvgIpc) is 2.56. The summed E-state index contributed by atoms with van der Waals surface area (Å²) < 4.78 is 0. The molecule has 0 bridgehead atoms. The number of piperidine rings is 1. The molecule has 6 heteroatoms. The molecule has 1 heterocycles. The molecule has 5 N–H and O–H groups in total. The van der Waals surface area contributed by atoms with Crippen molar-refractivity contribution in [2.24, 2.45) is 0 Å². The van der Waals surface area contributed by atoms with Gasteiger partial charge in [0.1, 0.15) is 12.2 Å². The Hall–Kier alpha value is -0.240. The Balaban J connectivity index is 1.62. The maximum atomic E-state index is 10.5. The van der Waals surface area contributed by atoms with Gasteiger partial charge in [-0.05, 0) is 32.2 Å². The van der Waals surface area contributed by atoms with Gasteiger partial charge in [0.15, 0.2) is 0 Å². The molecule has 1 aliphatic carbocycles. The average molecular weight is 345 g/mol. The fraction of sp³-hybridized carbons (Fsp3) is 1.00. The summed E-state index contributed by atoms with van der Waals surface area (Å²) in [6, 6.07) is -0.508. The highest BCUT2D eigenvalue weighted by Crippen LogP contribution is 2.32. The second-order valence-electron chi connectivity index (χ2n) is 7.74. The zero-order valence-electron chi connectivity index (χ0n) is 14.7.